The van der Waals surface area contributed by atoms with E-state index in [4.69, 9.17) is 10.5 Å². The molecule has 0 aromatic heterocycles. The summed E-state index contributed by atoms with van der Waals surface area (Å²) in [6.45, 7) is 3.45. The number of aryl methyl sites for hydroxylation is 1. The van der Waals surface area contributed by atoms with E-state index in [0.717, 1.165) is 18.4 Å². The van der Waals surface area contributed by atoms with Crippen molar-refractivity contribution in [2.24, 2.45) is 5.73 Å². The first-order valence-electron chi connectivity index (χ1n) is 8.52. The highest BCUT2D eigenvalue weighted by Gasteiger charge is 2.31. The third-order valence-electron chi connectivity index (χ3n) is 4.31. The lowest BCUT2D eigenvalue weighted by molar-refractivity contribution is -0.134. The van der Waals surface area contributed by atoms with Gasteiger partial charge in [0.25, 0.3) is 0 Å². The summed E-state index contributed by atoms with van der Waals surface area (Å²) < 4.78 is 31.8. The van der Waals surface area contributed by atoms with Crippen molar-refractivity contribution in [3.8, 4) is 0 Å². The lowest BCUT2D eigenvalue weighted by Gasteiger charge is -2.35. The second-order valence-corrected chi connectivity index (χ2v) is 8.12. The molecule has 0 bridgehead atoms. The van der Waals surface area contributed by atoms with Crippen LogP contribution in [0.25, 0.3) is 0 Å². The zero-order valence-electron chi connectivity index (χ0n) is 14.8. The summed E-state index contributed by atoms with van der Waals surface area (Å²) in [6, 6.07) is 6.33. The number of methoxy groups -OCH3 is 1. The van der Waals surface area contributed by atoms with E-state index in [1.54, 1.807) is 17.0 Å². The summed E-state index contributed by atoms with van der Waals surface area (Å²) in [7, 11) is -2.04. The number of ether oxygens (including phenoxy) is 1. The van der Waals surface area contributed by atoms with E-state index in [2.05, 4.69) is 6.92 Å². The highest BCUT2D eigenvalue weighted by atomic mass is 32.2. The Morgan fingerprint density at radius 3 is 2.32 bits per heavy atom. The number of piperazine rings is 1. The Kier molecular flexibility index (Phi) is 6.95. The average molecular weight is 369 g/mol. The topological polar surface area (TPSA) is 92.9 Å². The molecule has 0 radical (unpaired) electrons. The number of amides is 1. The van der Waals surface area contributed by atoms with Gasteiger partial charge in [-0.25, -0.2) is 8.42 Å². The number of hydrogen-bond acceptors (Lipinski definition) is 5. The maximum absolute atomic E-state index is 12.7. The van der Waals surface area contributed by atoms with Crippen molar-refractivity contribution in [3.05, 3.63) is 29.8 Å². The number of hydrogen-bond donors (Lipinski definition) is 1. The molecule has 1 aliphatic heterocycles. The molecule has 1 heterocycles. The van der Waals surface area contributed by atoms with Crippen LogP contribution in [-0.4, -0.2) is 69.5 Å². The molecule has 2 rings (SSSR count). The highest BCUT2D eigenvalue weighted by molar-refractivity contribution is 7.89. The molecule has 2 N–H and O–H groups in total. The smallest absolute Gasteiger partial charge is 0.243 e. The van der Waals surface area contributed by atoms with Crippen LogP contribution in [0.4, 0.5) is 0 Å². The fraction of sp³-hybridized carbons (Fsp3) is 0.588. The number of nitrogens with two attached hydrogens (primary N) is 1. The van der Waals surface area contributed by atoms with Crippen molar-refractivity contribution >= 4 is 15.9 Å². The molecule has 8 heteroatoms. The monoisotopic (exact) mass is 369 g/mol. The standard InChI is InChI=1S/C17H27N3O4S/c1-3-4-14-5-7-15(8-6-14)25(22,23)20-11-9-19(10-12-20)17(21)16(18)13-24-2/h5-8,16H,3-4,9-13,18H2,1-2H3. The summed E-state index contributed by atoms with van der Waals surface area (Å²) >= 11 is 0. The van der Waals surface area contributed by atoms with Crippen molar-refractivity contribution in [3.63, 3.8) is 0 Å². The third kappa shape index (κ3) is 4.78. The minimum absolute atomic E-state index is 0.154. The molecule has 1 aromatic rings. The molecule has 1 fully saturated rings. The fourth-order valence-corrected chi connectivity index (χ4v) is 4.32. The van der Waals surface area contributed by atoms with E-state index in [-0.39, 0.29) is 25.6 Å². The van der Waals surface area contributed by atoms with E-state index in [0.29, 0.717) is 18.0 Å². The van der Waals surface area contributed by atoms with Crippen LogP contribution < -0.4 is 5.73 Å². The number of rotatable bonds is 7. The Bertz CT molecular complexity index is 668. The van der Waals surface area contributed by atoms with Crippen molar-refractivity contribution in [2.45, 2.75) is 30.7 Å². The Morgan fingerprint density at radius 1 is 1.20 bits per heavy atom. The Morgan fingerprint density at radius 2 is 1.80 bits per heavy atom. The number of carbonyl (C=O) groups excluding carboxylic acids is 1. The minimum Gasteiger partial charge on any atom is -0.383 e. The molecule has 1 saturated heterocycles. The molecule has 1 amide bonds. The SMILES string of the molecule is CCCc1ccc(S(=O)(=O)N2CCN(C(=O)C(N)COC)CC2)cc1. The van der Waals surface area contributed by atoms with E-state index >= 15 is 0 Å². The van der Waals surface area contributed by atoms with Crippen LogP contribution in [0.15, 0.2) is 29.2 Å². The van der Waals surface area contributed by atoms with Crippen LogP contribution in [0.2, 0.25) is 0 Å². The van der Waals surface area contributed by atoms with E-state index in [9.17, 15) is 13.2 Å². The lowest BCUT2D eigenvalue weighted by Crippen LogP contribution is -2.55. The van der Waals surface area contributed by atoms with Gasteiger partial charge in [-0.2, -0.15) is 4.31 Å². The average Bonchev–Trinajstić information content (AvgIpc) is 2.62. The highest BCUT2D eigenvalue weighted by Crippen LogP contribution is 2.19. The van der Waals surface area contributed by atoms with Crippen molar-refractivity contribution in [1.82, 2.24) is 9.21 Å². The number of carbonyl (C=O) groups is 1. The van der Waals surface area contributed by atoms with E-state index < -0.39 is 16.1 Å². The van der Waals surface area contributed by atoms with Gasteiger partial charge in [-0.3, -0.25) is 4.79 Å². The Hall–Kier alpha value is -1.48. The van der Waals surface area contributed by atoms with Gasteiger partial charge in [-0.15, -0.1) is 0 Å². The Labute approximate surface area is 149 Å². The molecule has 140 valence electrons. The van der Waals surface area contributed by atoms with Gasteiger partial charge in [0.2, 0.25) is 15.9 Å². The maximum Gasteiger partial charge on any atom is 0.243 e. The molecule has 1 atom stereocenters. The normalized spacial score (nSPS) is 17.5. The molecule has 0 spiro atoms. The first kappa shape index (κ1) is 19.8. The van der Waals surface area contributed by atoms with Gasteiger partial charge in [0, 0.05) is 33.3 Å². The van der Waals surface area contributed by atoms with Gasteiger partial charge in [0.05, 0.1) is 11.5 Å². The van der Waals surface area contributed by atoms with Crippen LogP contribution >= 0.6 is 0 Å². The van der Waals surface area contributed by atoms with Gasteiger partial charge >= 0.3 is 0 Å². The molecule has 7 nitrogen and oxygen atoms in total. The van der Waals surface area contributed by atoms with Crippen molar-refractivity contribution in [1.29, 1.82) is 0 Å². The summed E-state index contributed by atoms with van der Waals surface area (Å²) in [5, 5.41) is 0. The fourth-order valence-electron chi connectivity index (χ4n) is 2.90. The maximum atomic E-state index is 12.7. The number of sulfonamides is 1. The van der Waals surface area contributed by atoms with Gasteiger partial charge in [0.1, 0.15) is 6.04 Å². The van der Waals surface area contributed by atoms with Crippen molar-refractivity contribution in [2.75, 3.05) is 39.9 Å². The van der Waals surface area contributed by atoms with Gasteiger partial charge in [-0.05, 0) is 24.1 Å². The molecule has 0 saturated carbocycles. The van der Waals surface area contributed by atoms with Gasteiger partial charge < -0.3 is 15.4 Å². The molecule has 25 heavy (non-hydrogen) atoms. The quantitative estimate of drug-likeness (QED) is 0.753. The summed E-state index contributed by atoms with van der Waals surface area (Å²) in [6.07, 6.45) is 1.95. The van der Waals surface area contributed by atoms with E-state index in [1.807, 2.05) is 12.1 Å². The van der Waals surface area contributed by atoms with E-state index in [1.165, 1.54) is 11.4 Å². The second kappa shape index (κ2) is 8.75. The first-order chi connectivity index (χ1) is 11.9. The van der Waals surface area contributed by atoms with Gasteiger partial charge in [0.15, 0.2) is 0 Å². The van der Waals surface area contributed by atoms with Gasteiger partial charge in [-0.1, -0.05) is 25.5 Å². The lowest BCUT2D eigenvalue weighted by atomic mass is 10.1. The number of nitrogens with zero attached hydrogens (tertiary/aromatic N) is 2. The van der Waals surface area contributed by atoms with Crippen LogP contribution in [0, 0.1) is 0 Å². The van der Waals surface area contributed by atoms with Crippen LogP contribution in [0.5, 0.6) is 0 Å². The first-order valence-corrected chi connectivity index (χ1v) is 9.96. The molecular formula is C17H27N3O4S. The Balaban J connectivity index is 2.00. The molecule has 1 aromatic carbocycles. The predicted octanol–water partition coefficient (Wildman–Crippen LogP) is 0.446. The number of benzene rings is 1. The largest absolute Gasteiger partial charge is 0.383 e. The summed E-state index contributed by atoms with van der Waals surface area (Å²) in [5.74, 6) is -0.206. The zero-order chi connectivity index (χ0) is 18.4. The molecular weight excluding hydrogens is 342 g/mol. The summed E-state index contributed by atoms with van der Waals surface area (Å²) in [4.78, 5) is 14.1. The van der Waals surface area contributed by atoms with Crippen LogP contribution in [0.1, 0.15) is 18.9 Å². The molecule has 0 aliphatic carbocycles. The van der Waals surface area contributed by atoms with Crippen molar-refractivity contribution < 1.29 is 17.9 Å². The second-order valence-electron chi connectivity index (χ2n) is 6.19. The molecule has 1 aliphatic rings. The summed E-state index contributed by atoms with van der Waals surface area (Å²) in [5.41, 5.74) is 6.89. The molecule has 1 unspecified atom stereocenters. The van der Waals surface area contributed by atoms with Crippen LogP contribution in [0.3, 0.4) is 0 Å². The third-order valence-corrected chi connectivity index (χ3v) is 6.23. The minimum atomic E-state index is -3.53. The predicted molar refractivity (Wildman–Crippen MR) is 95.6 cm³/mol. The zero-order valence-corrected chi connectivity index (χ0v) is 15.7. The van der Waals surface area contributed by atoms with Crippen LogP contribution in [-0.2, 0) is 26.0 Å².